The summed E-state index contributed by atoms with van der Waals surface area (Å²) in [6.07, 6.45) is -3.69. The lowest BCUT2D eigenvalue weighted by Crippen LogP contribution is -2.33. The molecule has 0 unspecified atom stereocenters. The molecule has 2 N–H and O–H groups in total. The van der Waals surface area contributed by atoms with Gasteiger partial charge in [0.2, 0.25) is 6.29 Å². The molecule has 0 amide bonds. The van der Waals surface area contributed by atoms with Crippen LogP contribution in [0.3, 0.4) is 0 Å². The van der Waals surface area contributed by atoms with Gasteiger partial charge in [-0.05, 0) is 6.92 Å². The number of carbonyl (C=O) groups is 1. The van der Waals surface area contributed by atoms with E-state index in [0.717, 1.165) is 0 Å². The summed E-state index contributed by atoms with van der Waals surface area (Å²) in [5, 5.41) is 18.4. The van der Waals surface area contributed by atoms with Gasteiger partial charge < -0.3 is 19.7 Å². The van der Waals surface area contributed by atoms with Gasteiger partial charge in [0.25, 0.3) is 0 Å². The molecule has 0 aromatic carbocycles. The average Bonchev–Trinajstić information content (AvgIpc) is 2.17. The molecule has 0 aromatic rings. The first-order valence-electron chi connectivity index (χ1n) is 3.71. The van der Waals surface area contributed by atoms with Gasteiger partial charge in [0.15, 0.2) is 0 Å². The number of aliphatic hydroxyl groups excluding tert-OH is 2. The van der Waals surface area contributed by atoms with Crippen molar-refractivity contribution in [2.24, 2.45) is 0 Å². The third-order valence-electron chi connectivity index (χ3n) is 1.74. The van der Waals surface area contributed by atoms with Crippen molar-refractivity contribution in [3.63, 3.8) is 0 Å². The lowest BCUT2D eigenvalue weighted by Gasteiger charge is -2.13. The van der Waals surface area contributed by atoms with Crippen molar-refractivity contribution in [2.45, 2.75) is 38.4 Å². The molecule has 5 nitrogen and oxygen atoms in total. The molecule has 0 spiro atoms. The summed E-state index contributed by atoms with van der Waals surface area (Å²) in [7, 11) is 0. The normalized spacial score (nSPS) is 41.3. The van der Waals surface area contributed by atoms with E-state index in [0.29, 0.717) is 0 Å². The van der Waals surface area contributed by atoms with Gasteiger partial charge in [-0.2, -0.15) is 0 Å². The standard InChI is InChI=1S/C7H12O5/c1-3-5(9)6(10)7(11-3)12-4(2)8/h3,5-7,9-10H,1-2H3/t3-,5-,6-,7+/m1/s1. The van der Waals surface area contributed by atoms with Gasteiger partial charge in [-0.15, -0.1) is 0 Å². The summed E-state index contributed by atoms with van der Waals surface area (Å²) in [6.45, 7) is 2.81. The molecule has 12 heavy (non-hydrogen) atoms. The van der Waals surface area contributed by atoms with Crippen LogP contribution in [0.2, 0.25) is 0 Å². The monoisotopic (exact) mass is 176 g/mol. The molecule has 0 bridgehead atoms. The van der Waals surface area contributed by atoms with Crippen LogP contribution in [0.4, 0.5) is 0 Å². The fourth-order valence-electron chi connectivity index (χ4n) is 1.07. The fraction of sp³-hybridized carbons (Fsp3) is 0.857. The fourth-order valence-corrected chi connectivity index (χ4v) is 1.07. The second-order valence-electron chi connectivity index (χ2n) is 2.80. The number of carbonyl (C=O) groups excluding carboxylic acids is 1. The van der Waals surface area contributed by atoms with E-state index in [1.54, 1.807) is 6.92 Å². The minimum Gasteiger partial charge on any atom is -0.433 e. The summed E-state index contributed by atoms with van der Waals surface area (Å²) >= 11 is 0. The topological polar surface area (TPSA) is 76.0 Å². The first-order chi connectivity index (χ1) is 5.52. The Morgan fingerprint density at radius 3 is 2.33 bits per heavy atom. The van der Waals surface area contributed by atoms with Crippen LogP contribution in [-0.2, 0) is 14.3 Å². The Bertz CT molecular complexity index is 181. The van der Waals surface area contributed by atoms with Gasteiger partial charge >= 0.3 is 5.97 Å². The predicted molar refractivity (Wildman–Crippen MR) is 38.1 cm³/mol. The van der Waals surface area contributed by atoms with Crippen LogP contribution in [0.15, 0.2) is 0 Å². The van der Waals surface area contributed by atoms with E-state index in [1.807, 2.05) is 0 Å². The predicted octanol–water partition coefficient (Wildman–Crippen LogP) is -0.984. The van der Waals surface area contributed by atoms with Crippen LogP contribution in [0.25, 0.3) is 0 Å². The third-order valence-corrected chi connectivity index (χ3v) is 1.74. The summed E-state index contributed by atoms with van der Waals surface area (Å²) in [6, 6.07) is 0. The maximum Gasteiger partial charge on any atom is 0.305 e. The van der Waals surface area contributed by atoms with Crippen molar-refractivity contribution in [3.8, 4) is 0 Å². The van der Waals surface area contributed by atoms with Crippen molar-refractivity contribution in [1.82, 2.24) is 0 Å². The van der Waals surface area contributed by atoms with E-state index in [-0.39, 0.29) is 0 Å². The molecule has 1 heterocycles. The molecule has 1 saturated heterocycles. The highest BCUT2D eigenvalue weighted by molar-refractivity contribution is 5.66. The second-order valence-corrected chi connectivity index (χ2v) is 2.80. The Labute approximate surface area is 69.9 Å². The van der Waals surface area contributed by atoms with E-state index in [1.165, 1.54) is 6.92 Å². The quantitative estimate of drug-likeness (QED) is 0.502. The highest BCUT2D eigenvalue weighted by Gasteiger charge is 2.42. The first kappa shape index (κ1) is 9.44. The van der Waals surface area contributed by atoms with Crippen molar-refractivity contribution in [2.75, 3.05) is 0 Å². The van der Waals surface area contributed by atoms with Crippen molar-refractivity contribution < 1.29 is 24.5 Å². The summed E-state index contributed by atoms with van der Waals surface area (Å²) in [4.78, 5) is 10.5. The maximum absolute atomic E-state index is 10.5. The number of rotatable bonds is 1. The number of hydrogen-bond acceptors (Lipinski definition) is 5. The average molecular weight is 176 g/mol. The van der Waals surface area contributed by atoms with Crippen LogP contribution in [0.5, 0.6) is 0 Å². The van der Waals surface area contributed by atoms with Crippen LogP contribution >= 0.6 is 0 Å². The van der Waals surface area contributed by atoms with Gasteiger partial charge in [-0.3, -0.25) is 4.79 Å². The zero-order valence-corrected chi connectivity index (χ0v) is 6.93. The van der Waals surface area contributed by atoms with Gasteiger partial charge in [-0.1, -0.05) is 0 Å². The molecular formula is C7H12O5. The van der Waals surface area contributed by atoms with E-state index in [9.17, 15) is 15.0 Å². The minimum atomic E-state index is -1.15. The minimum absolute atomic E-state index is 0.510. The first-order valence-corrected chi connectivity index (χ1v) is 3.71. The van der Waals surface area contributed by atoms with Gasteiger partial charge in [0.1, 0.15) is 12.2 Å². The summed E-state index contributed by atoms with van der Waals surface area (Å²) < 4.78 is 9.55. The van der Waals surface area contributed by atoms with Crippen LogP contribution in [-0.4, -0.2) is 40.8 Å². The van der Waals surface area contributed by atoms with E-state index < -0.39 is 30.6 Å². The highest BCUT2D eigenvalue weighted by Crippen LogP contribution is 2.21. The van der Waals surface area contributed by atoms with Crippen LogP contribution in [0.1, 0.15) is 13.8 Å². The van der Waals surface area contributed by atoms with E-state index in [4.69, 9.17) is 4.74 Å². The Hall–Kier alpha value is -0.650. The molecule has 0 aromatic heterocycles. The lowest BCUT2D eigenvalue weighted by atomic mass is 10.2. The second kappa shape index (κ2) is 3.38. The molecule has 70 valence electrons. The van der Waals surface area contributed by atoms with Crippen molar-refractivity contribution in [1.29, 1.82) is 0 Å². The Kier molecular flexibility index (Phi) is 2.66. The van der Waals surface area contributed by atoms with Crippen LogP contribution < -0.4 is 0 Å². The van der Waals surface area contributed by atoms with Crippen molar-refractivity contribution >= 4 is 5.97 Å². The molecule has 0 aliphatic carbocycles. The smallest absolute Gasteiger partial charge is 0.305 e. The molecule has 1 aliphatic rings. The highest BCUT2D eigenvalue weighted by atomic mass is 16.7. The molecule has 5 heteroatoms. The lowest BCUT2D eigenvalue weighted by molar-refractivity contribution is -0.184. The SMILES string of the molecule is CC(=O)O[C@@H]1O[C@H](C)[C@@H](O)[C@H]1O. The molecule has 0 saturated carbocycles. The summed E-state index contributed by atoms with van der Waals surface area (Å²) in [5.74, 6) is -0.541. The molecule has 4 atom stereocenters. The number of esters is 1. The van der Waals surface area contributed by atoms with Gasteiger partial charge in [0.05, 0.1) is 6.10 Å². The van der Waals surface area contributed by atoms with Crippen LogP contribution in [0, 0.1) is 0 Å². The van der Waals surface area contributed by atoms with Gasteiger partial charge in [0, 0.05) is 6.92 Å². The molecule has 1 fully saturated rings. The molecule has 0 radical (unpaired) electrons. The van der Waals surface area contributed by atoms with Gasteiger partial charge in [-0.25, -0.2) is 0 Å². The number of hydrogen-bond donors (Lipinski definition) is 2. The zero-order chi connectivity index (χ0) is 9.30. The summed E-state index contributed by atoms with van der Waals surface area (Å²) in [5.41, 5.74) is 0. The maximum atomic E-state index is 10.5. The Balaban J connectivity index is 2.52. The molecule has 1 rings (SSSR count). The largest absolute Gasteiger partial charge is 0.433 e. The zero-order valence-electron chi connectivity index (χ0n) is 6.93. The molecular weight excluding hydrogens is 164 g/mol. The third kappa shape index (κ3) is 1.74. The van der Waals surface area contributed by atoms with E-state index >= 15 is 0 Å². The number of ether oxygens (including phenoxy) is 2. The van der Waals surface area contributed by atoms with Crippen molar-refractivity contribution in [3.05, 3.63) is 0 Å². The Morgan fingerprint density at radius 1 is 1.42 bits per heavy atom. The van der Waals surface area contributed by atoms with E-state index in [2.05, 4.69) is 4.74 Å². The number of aliphatic hydroxyl groups is 2. The molecule has 1 aliphatic heterocycles. The Morgan fingerprint density at radius 2 is 2.00 bits per heavy atom.